The van der Waals surface area contributed by atoms with Crippen molar-refractivity contribution in [1.29, 1.82) is 0 Å². The molecule has 7 heteroatoms. The molecule has 0 atom stereocenters. The highest BCUT2D eigenvalue weighted by Gasteiger charge is 2.25. The monoisotopic (exact) mass is 461 g/mol. The Hall–Kier alpha value is -3.97. The quantitative estimate of drug-likeness (QED) is 0.245. The van der Waals surface area contributed by atoms with Gasteiger partial charge in [0.25, 0.3) is 0 Å². The highest BCUT2D eigenvalue weighted by molar-refractivity contribution is 7.13. The zero-order valence-corrected chi connectivity index (χ0v) is 19.3. The molecule has 4 aromatic rings. The number of hydrogen-bond donors (Lipinski definition) is 1. The SMILES string of the molecule is COc1cc(C=O)c(-c2cc(-c3cccs3)ccc2Oc2cccc(N)c2)c(OC)c1OC. The van der Waals surface area contributed by atoms with E-state index in [2.05, 4.69) is 0 Å². The van der Waals surface area contributed by atoms with Crippen LogP contribution >= 0.6 is 11.3 Å². The van der Waals surface area contributed by atoms with Gasteiger partial charge < -0.3 is 24.7 Å². The van der Waals surface area contributed by atoms with Crippen LogP contribution in [0.4, 0.5) is 5.69 Å². The predicted molar refractivity (Wildman–Crippen MR) is 131 cm³/mol. The number of benzene rings is 3. The molecule has 0 saturated heterocycles. The molecule has 168 valence electrons. The van der Waals surface area contributed by atoms with Crippen molar-refractivity contribution in [2.45, 2.75) is 0 Å². The van der Waals surface area contributed by atoms with Gasteiger partial charge in [-0.3, -0.25) is 4.79 Å². The molecule has 33 heavy (non-hydrogen) atoms. The Morgan fingerprint density at radius 2 is 1.67 bits per heavy atom. The molecule has 6 nitrogen and oxygen atoms in total. The van der Waals surface area contributed by atoms with Crippen LogP contribution in [0.15, 0.2) is 66.0 Å². The average molecular weight is 462 g/mol. The molecule has 0 unspecified atom stereocenters. The first kappa shape index (κ1) is 22.2. The van der Waals surface area contributed by atoms with Crippen molar-refractivity contribution in [3.8, 4) is 50.3 Å². The molecule has 1 aromatic heterocycles. The lowest BCUT2D eigenvalue weighted by Crippen LogP contribution is -2.01. The van der Waals surface area contributed by atoms with Crippen LogP contribution in [0, 0.1) is 0 Å². The van der Waals surface area contributed by atoms with Gasteiger partial charge in [0.2, 0.25) is 5.75 Å². The normalized spacial score (nSPS) is 10.5. The largest absolute Gasteiger partial charge is 0.493 e. The highest BCUT2D eigenvalue weighted by atomic mass is 32.1. The fourth-order valence-corrected chi connectivity index (χ4v) is 4.39. The number of anilines is 1. The fraction of sp³-hybridized carbons (Fsp3) is 0.115. The van der Waals surface area contributed by atoms with Crippen molar-refractivity contribution in [2.24, 2.45) is 0 Å². The number of carbonyl (C=O) groups excluding carboxylic acids is 1. The molecule has 2 N–H and O–H groups in total. The minimum absolute atomic E-state index is 0.375. The van der Waals surface area contributed by atoms with Crippen molar-refractivity contribution in [3.63, 3.8) is 0 Å². The molecule has 4 rings (SSSR count). The second kappa shape index (κ2) is 9.67. The van der Waals surface area contributed by atoms with Crippen LogP contribution < -0.4 is 24.7 Å². The maximum atomic E-state index is 12.2. The molecule has 3 aromatic carbocycles. The second-order valence-corrected chi connectivity index (χ2v) is 8.04. The van der Waals surface area contributed by atoms with Gasteiger partial charge >= 0.3 is 0 Å². The minimum Gasteiger partial charge on any atom is -0.493 e. The lowest BCUT2D eigenvalue weighted by atomic mass is 9.95. The number of carbonyl (C=O) groups is 1. The Morgan fingerprint density at radius 1 is 0.848 bits per heavy atom. The number of nitrogens with two attached hydrogens (primary N) is 1. The number of nitrogen functional groups attached to an aromatic ring is 1. The van der Waals surface area contributed by atoms with Crippen LogP contribution in [0.5, 0.6) is 28.7 Å². The molecule has 0 bridgehead atoms. The van der Waals surface area contributed by atoms with Gasteiger partial charge in [0.1, 0.15) is 11.5 Å². The summed E-state index contributed by atoms with van der Waals surface area (Å²) in [5.41, 5.74) is 9.09. The molecule has 0 spiro atoms. The van der Waals surface area contributed by atoms with E-state index >= 15 is 0 Å². The molecule has 0 aliphatic heterocycles. The molecular weight excluding hydrogens is 438 g/mol. The van der Waals surface area contributed by atoms with Gasteiger partial charge in [-0.1, -0.05) is 12.1 Å². The van der Waals surface area contributed by atoms with Gasteiger partial charge in [-0.05, 0) is 53.4 Å². The van der Waals surface area contributed by atoms with Crippen molar-refractivity contribution >= 4 is 23.3 Å². The van der Waals surface area contributed by atoms with Gasteiger partial charge in [0.05, 0.1) is 21.3 Å². The van der Waals surface area contributed by atoms with Crippen LogP contribution in [-0.2, 0) is 0 Å². The third kappa shape index (κ3) is 4.36. The van der Waals surface area contributed by atoms with Crippen LogP contribution in [0.3, 0.4) is 0 Å². The predicted octanol–water partition coefficient (Wildman–Crippen LogP) is 6.29. The molecular formula is C26H23NO5S. The Bertz CT molecular complexity index is 1280. The first-order valence-corrected chi connectivity index (χ1v) is 11.0. The van der Waals surface area contributed by atoms with E-state index in [0.717, 1.165) is 16.7 Å². The third-order valence-electron chi connectivity index (χ3n) is 5.13. The molecule has 0 saturated carbocycles. The number of methoxy groups -OCH3 is 3. The van der Waals surface area contributed by atoms with Gasteiger partial charge in [0.15, 0.2) is 17.8 Å². The Kier molecular flexibility index (Phi) is 6.51. The summed E-state index contributed by atoms with van der Waals surface area (Å²) in [5.74, 6) is 2.27. The van der Waals surface area contributed by atoms with Crippen molar-refractivity contribution in [3.05, 3.63) is 71.6 Å². The van der Waals surface area contributed by atoms with Gasteiger partial charge in [-0.15, -0.1) is 11.3 Å². The molecule has 1 heterocycles. The van der Waals surface area contributed by atoms with E-state index in [4.69, 9.17) is 24.7 Å². The fourth-order valence-electron chi connectivity index (χ4n) is 3.66. The summed E-state index contributed by atoms with van der Waals surface area (Å²) < 4.78 is 23.0. The van der Waals surface area contributed by atoms with Crippen LogP contribution in [0.1, 0.15) is 10.4 Å². The highest BCUT2D eigenvalue weighted by Crippen LogP contribution is 2.50. The molecule has 0 fully saturated rings. The summed E-state index contributed by atoms with van der Waals surface area (Å²) in [6.45, 7) is 0. The Labute approximate surface area is 196 Å². The maximum Gasteiger partial charge on any atom is 0.203 e. The summed E-state index contributed by atoms with van der Waals surface area (Å²) >= 11 is 1.62. The molecule has 0 aliphatic rings. The standard InChI is InChI=1S/C26H23NO5S/c1-29-22-13-17(15-28)24(26(31-3)25(22)30-2)20-12-16(23-8-5-11-33-23)9-10-21(20)32-19-7-4-6-18(27)14-19/h4-15H,27H2,1-3H3. The minimum atomic E-state index is 0.375. The van der Waals surface area contributed by atoms with Crippen molar-refractivity contribution < 1.29 is 23.7 Å². The van der Waals surface area contributed by atoms with Crippen molar-refractivity contribution in [1.82, 2.24) is 0 Å². The second-order valence-electron chi connectivity index (χ2n) is 7.09. The van der Waals surface area contributed by atoms with E-state index < -0.39 is 0 Å². The Morgan fingerprint density at radius 3 is 2.30 bits per heavy atom. The Balaban J connectivity index is 2.00. The van der Waals surface area contributed by atoms with Crippen LogP contribution in [0.25, 0.3) is 21.6 Å². The van der Waals surface area contributed by atoms with E-state index in [9.17, 15) is 4.79 Å². The summed E-state index contributed by atoms with van der Waals surface area (Å²) in [7, 11) is 4.56. The van der Waals surface area contributed by atoms with E-state index in [1.54, 1.807) is 29.5 Å². The number of thiophene rings is 1. The molecule has 0 radical (unpaired) electrons. The van der Waals surface area contributed by atoms with Crippen LogP contribution in [-0.4, -0.2) is 27.6 Å². The van der Waals surface area contributed by atoms with Gasteiger partial charge in [0, 0.05) is 33.3 Å². The van der Waals surface area contributed by atoms with E-state index in [1.165, 1.54) is 21.3 Å². The average Bonchev–Trinajstić information content (AvgIpc) is 3.38. The van der Waals surface area contributed by atoms with Crippen molar-refractivity contribution in [2.75, 3.05) is 27.1 Å². The summed E-state index contributed by atoms with van der Waals surface area (Å²) in [6.07, 6.45) is 0.766. The lowest BCUT2D eigenvalue weighted by Gasteiger charge is -2.20. The topological polar surface area (TPSA) is 80.0 Å². The van der Waals surface area contributed by atoms with Crippen LogP contribution in [0.2, 0.25) is 0 Å². The zero-order valence-electron chi connectivity index (χ0n) is 18.5. The lowest BCUT2D eigenvalue weighted by molar-refractivity contribution is 0.112. The van der Waals surface area contributed by atoms with E-state index in [-0.39, 0.29) is 0 Å². The van der Waals surface area contributed by atoms with Gasteiger partial charge in [-0.25, -0.2) is 0 Å². The number of ether oxygens (including phenoxy) is 4. The molecule has 0 aliphatic carbocycles. The first-order valence-electron chi connectivity index (χ1n) is 10.1. The third-order valence-corrected chi connectivity index (χ3v) is 6.05. The zero-order chi connectivity index (χ0) is 23.4. The summed E-state index contributed by atoms with van der Waals surface area (Å²) in [4.78, 5) is 13.2. The number of rotatable bonds is 8. The maximum absolute atomic E-state index is 12.2. The van der Waals surface area contributed by atoms with E-state index in [0.29, 0.717) is 51.1 Å². The van der Waals surface area contributed by atoms with Gasteiger partial charge in [-0.2, -0.15) is 0 Å². The number of hydrogen-bond acceptors (Lipinski definition) is 7. The van der Waals surface area contributed by atoms with E-state index in [1.807, 2.05) is 47.8 Å². The summed E-state index contributed by atoms with van der Waals surface area (Å²) in [5, 5.41) is 2.01. The number of aldehydes is 1. The summed E-state index contributed by atoms with van der Waals surface area (Å²) in [6, 6.07) is 18.6. The molecule has 0 amide bonds. The first-order chi connectivity index (χ1) is 16.1. The smallest absolute Gasteiger partial charge is 0.203 e.